The summed E-state index contributed by atoms with van der Waals surface area (Å²) in [5.41, 5.74) is 7.36. The zero-order chi connectivity index (χ0) is 11.3. The fourth-order valence-electron chi connectivity index (χ4n) is 2.22. The highest BCUT2D eigenvalue weighted by Crippen LogP contribution is 2.39. The average molecular weight is 273 g/mol. The van der Waals surface area contributed by atoms with Gasteiger partial charge in [0.15, 0.2) is 0 Å². The molecule has 92 valence electrons. The number of fused-ring (bicyclic) bond motifs is 1. The lowest BCUT2D eigenvalue weighted by molar-refractivity contribution is -0.120. The van der Waals surface area contributed by atoms with E-state index in [4.69, 9.17) is 17.3 Å². The van der Waals surface area contributed by atoms with Gasteiger partial charge in [0.1, 0.15) is 0 Å². The van der Waals surface area contributed by atoms with Crippen LogP contribution in [0.2, 0.25) is 5.02 Å². The zero-order valence-corrected chi connectivity index (χ0v) is 10.9. The number of carbonyl (C=O) groups excluding carboxylic acids is 1. The van der Waals surface area contributed by atoms with Gasteiger partial charge in [0.05, 0.1) is 5.54 Å². The molecule has 17 heavy (non-hydrogen) atoms. The van der Waals surface area contributed by atoms with Crippen LogP contribution in [0.25, 0.3) is 0 Å². The van der Waals surface area contributed by atoms with E-state index in [1.54, 1.807) is 4.90 Å². The molecule has 5 heteroatoms. The van der Waals surface area contributed by atoms with Crippen LogP contribution >= 0.6 is 24.0 Å². The van der Waals surface area contributed by atoms with Gasteiger partial charge in [-0.3, -0.25) is 4.79 Å². The van der Waals surface area contributed by atoms with E-state index in [9.17, 15) is 4.79 Å². The Kier molecular flexibility index (Phi) is 3.10. The van der Waals surface area contributed by atoms with Gasteiger partial charge >= 0.3 is 0 Å². The highest BCUT2D eigenvalue weighted by atomic mass is 35.5. The smallest absolute Gasteiger partial charge is 0.247 e. The number of hydrogen-bond acceptors (Lipinski definition) is 2. The van der Waals surface area contributed by atoms with E-state index in [0.717, 1.165) is 35.5 Å². The van der Waals surface area contributed by atoms with Crippen molar-refractivity contribution in [2.24, 2.45) is 5.73 Å². The van der Waals surface area contributed by atoms with Crippen LogP contribution in [0.5, 0.6) is 0 Å². The van der Waals surface area contributed by atoms with Gasteiger partial charge in [-0.1, -0.05) is 17.7 Å². The Morgan fingerprint density at radius 2 is 2.12 bits per heavy atom. The molecule has 1 fully saturated rings. The summed E-state index contributed by atoms with van der Waals surface area (Å²) in [5, 5.41) is 0.745. The molecule has 0 aromatic heterocycles. The lowest BCUT2D eigenvalue weighted by atomic mass is 10.1. The van der Waals surface area contributed by atoms with E-state index in [2.05, 4.69) is 0 Å². The van der Waals surface area contributed by atoms with Gasteiger partial charge in [0, 0.05) is 17.3 Å². The molecule has 1 aliphatic heterocycles. The number of halogens is 2. The molecular formula is C12H14Cl2N2O. The molecule has 1 heterocycles. The molecule has 3 rings (SSSR count). The number of nitrogens with two attached hydrogens (primary N) is 1. The summed E-state index contributed by atoms with van der Waals surface area (Å²) in [6.45, 7) is 0.705. The fraction of sp³-hybridized carbons (Fsp3) is 0.417. The van der Waals surface area contributed by atoms with Crippen molar-refractivity contribution in [2.75, 3.05) is 11.4 Å². The number of rotatable bonds is 1. The van der Waals surface area contributed by atoms with E-state index in [1.807, 2.05) is 18.2 Å². The normalized spacial score (nSPS) is 19.5. The van der Waals surface area contributed by atoms with Crippen molar-refractivity contribution in [1.29, 1.82) is 0 Å². The van der Waals surface area contributed by atoms with Crippen LogP contribution in [0.1, 0.15) is 18.4 Å². The molecule has 0 radical (unpaired) electrons. The molecule has 1 saturated carbocycles. The molecule has 2 N–H and O–H groups in total. The molecule has 0 unspecified atom stereocenters. The summed E-state index contributed by atoms with van der Waals surface area (Å²) >= 11 is 6.10. The Morgan fingerprint density at radius 3 is 2.76 bits per heavy atom. The minimum Gasteiger partial charge on any atom is -0.317 e. The maximum absolute atomic E-state index is 12.2. The number of benzene rings is 1. The van der Waals surface area contributed by atoms with E-state index in [-0.39, 0.29) is 18.3 Å². The topological polar surface area (TPSA) is 46.3 Å². The number of anilines is 1. The van der Waals surface area contributed by atoms with Gasteiger partial charge in [0.25, 0.3) is 0 Å². The standard InChI is InChI=1S/C12H13ClN2O.ClH/c13-9-2-1-3-10-8(9)4-7-15(10)11(16)12(14)5-6-12;/h1-3H,4-7,14H2;1H. The first kappa shape index (κ1) is 12.7. The summed E-state index contributed by atoms with van der Waals surface area (Å²) in [4.78, 5) is 13.9. The molecule has 1 aromatic rings. The third kappa shape index (κ3) is 1.92. The Hall–Kier alpha value is -0.770. The van der Waals surface area contributed by atoms with Gasteiger partial charge in [0.2, 0.25) is 5.91 Å². The van der Waals surface area contributed by atoms with E-state index in [0.29, 0.717) is 6.54 Å². The Balaban J connectivity index is 0.00000108. The molecule has 1 amide bonds. The first-order chi connectivity index (χ1) is 7.62. The minimum atomic E-state index is -0.593. The third-order valence-electron chi connectivity index (χ3n) is 3.43. The van der Waals surface area contributed by atoms with Crippen molar-refractivity contribution >= 4 is 35.6 Å². The molecule has 0 spiro atoms. The zero-order valence-electron chi connectivity index (χ0n) is 9.28. The second kappa shape index (κ2) is 4.16. The highest BCUT2D eigenvalue weighted by Gasteiger charge is 2.49. The Bertz CT molecular complexity index is 472. The summed E-state index contributed by atoms with van der Waals surface area (Å²) in [6, 6.07) is 5.68. The fourth-order valence-corrected chi connectivity index (χ4v) is 2.48. The van der Waals surface area contributed by atoms with Crippen LogP contribution in [-0.2, 0) is 11.2 Å². The van der Waals surface area contributed by atoms with Crippen molar-refractivity contribution < 1.29 is 4.79 Å². The second-order valence-electron chi connectivity index (χ2n) is 4.60. The molecule has 2 aliphatic rings. The van der Waals surface area contributed by atoms with Gasteiger partial charge in [-0.25, -0.2) is 0 Å². The summed E-state index contributed by atoms with van der Waals surface area (Å²) in [7, 11) is 0. The summed E-state index contributed by atoms with van der Waals surface area (Å²) in [5.74, 6) is 0.0496. The van der Waals surface area contributed by atoms with Crippen molar-refractivity contribution in [3.63, 3.8) is 0 Å². The van der Waals surface area contributed by atoms with Crippen molar-refractivity contribution in [3.05, 3.63) is 28.8 Å². The SMILES string of the molecule is Cl.NC1(C(=O)N2CCc3c(Cl)cccc32)CC1. The molecule has 3 nitrogen and oxygen atoms in total. The first-order valence-corrected chi connectivity index (χ1v) is 5.88. The van der Waals surface area contributed by atoms with Crippen LogP contribution in [0.3, 0.4) is 0 Å². The molecule has 0 atom stereocenters. The van der Waals surface area contributed by atoms with E-state index in [1.165, 1.54) is 0 Å². The predicted octanol–water partition coefficient (Wildman–Crippen LogP) is 2.14. The molecule has 1 aliphatic carbocycles. The quantitative estimate of drug-likeness (QED) is 0.852. The Labute approximate surface area is 111 Å². The van der Waals surface area contributed by atoms with Crippen molar-refractivity contribution in [1.82, 2.24) is 0 Å². The largest absolute Gasteiger partial charge is 0.317 e. The first-order valence-electron chi connectivity index (χ1n) is 5.50. The molecule has 0 bridgehead atoms. The van der Waals surface area contributed by atoms with Crippen LogP contribution in [0.4, 0.5) is 5.69 Å². The van der Waals surface area contributed by atoms with Crippen molar-refractivity contribution in [3.8, 4) is 0 Å². The van der Waals surface area contributed by atoms with Crippen LogP contribution < -0.4 is 10.6 Å². The average Bonchev–Trinajstić information content (AvgIpc) is 2.88. The summed E-state index contributed by atoms with van der Waals surface area (Å²) < 4.78 is 0. The lowest BCUT2D eigenvalue weighted by Gasteiger charge is -2.21. The number of hydrogen-bond donors (Lipinski definition) is 1. The predicted molar refractivity (Wildman–Crippen MR) is 70.9 cm³/mol. The van der Waals surface area contributed by atoms with Gasteiger partial charge < -0.3 is 10.6 Å². The molecule has 1 aromatic carbocycles. The van der Waals surface area contributed by atoms with Crippen LogP contribution in [0.15, 0.2) is 18.2 Å². The van der Waals surface area contributed by atoms with Crippen molar-refractivity contribution in [2.45, 2.75) is 24.8 Å². The highest BCUT2D eigenvalue weighted by molar-refractivity contribution is 6.32. The van der Waals surface area contributed by atoms with Gasteiger partial charge in [-0.15, -0.1) is 12.4 Å². The minimum absolute atomic E-state index is 0. The van der Waals surface area contributed by atoms with Crippen LogP contribution in [0, 0.1) is 0 Å². The van der Waals surface area contributed by atoms with E-state index < -0.39 is 5.54 Å². The molecular weight excluding hydrogens is 259 g/mol. The maximum atomic E-state index is 12.2. The number of nitrogens with zero attached hydrogens (tertiary/aromatic N) is 1. The summed E-state index contributed by atoms with van der Waals surface area (Å²) in [6.07, 6.45) is 2.44. The van der Waals surface area contributed by atoms with Gasteiger partial charge in [-0.2, -0.15) is 0 Å². The Morgan fingerprint density at radius 1 is 1.41 bits per heavy atom. The third-order valence-corrected chi connectivity index (χ3v) is 3.78. The number of carbonyl (C=O) groups is 1. The monoisotopic (exact) mass is 272 g/mol. The van der Waals surface area contributed by atoms with Crippen LogP contribution in [-0.4, -0.2) is 18.0 Å². The lowest BCUT2D eigenvalue weighted by Crippen LogP contribution is -2.45. The molecule has 0 saturated heterocycles. The van der Waals surface area contributed by atoms with E-state index >= 15 is 0 Å². The maximum Gasteiger partial charge on any atom is 0.247 e. The second-order valence-corrected chi connectivity index (χ2v) is 5.01. The van der Waals surface area contributed by atoms with Gasteiger partial charge in [-0.05, 0) is 37.0 Å². The number of amides is 1.